The zero-order valence-electron chi connectivity index (χ0n) is 21.9. The number of carbonyl (C=O) groups is 4. The molecule has 8 nitrogen and oxygen atoms in total. The lowest BCUT2D eigenvalue weighted by atomic mass is 10.00. The molecule has 0 aliphatic carbocycles. The van der Waals surface area contributed by atoms with Gasteiger partial charge in [0, 0.05) is 23.0 Å². The van der Waals surface area contributed by atoms with Crippen LogP contribution in [-0.2, 0) is 23.9 Å². The molecule has 1 unspecified atom stereocenters. The van der Waals surface area contributed by atoms with Crippen molar-refractivity contribution in [2.45, 2.75) is 24.4 Å². The molecule has 0 bridgehead atoms. The summed E-state index contributed by atoms with van der Waals surface area (Å²) in [4.78, 5) is 55.6. The average Bonchev–Trinajstić information content (AvgIpc) is 3.01. The Hall–Kier alpha value is -4.15. The molecule has 3 aromatic carbocycles. The van der Waals surface area contributed by atoms with Crippen LogP contribution in [-0.4, -0.2) is 46.7 Å². The fourth-order valence-corrected chi connectivity index (χ4v) is 6.45. The molecule has 5 rings (SSSR count). The number of hydrogen-bond donors (Lipinski definition) is 1. The van der Waals surface area contributed by atoms with Gasteiger partial charge >= 0.3 is 11.9 Å². The number of β-lactam (4-membered cyclic amide) rings is 1. The minimum absolute atomic E-state index is 0.0345. The van der Waals surface area contributed by atoms with E-state index in [1.165, 1.54) is 23.6 Å². The van der Waals surface area contributed by atoms with Crippen molar-refractivity contribution in [1.82, 2.24) is 10.2 Å². The third kappa shape index (κ3) is 5.98. The third-order valence-electron chi connectivity index (χ3n) is 6.58. The highest BCUT2D eigenvalue weighted by Crippen LogP contribution is 2.47. The summed E-state index contributed by atoms with van der Waals surface area (Å²) in [6.07, 6.45) is -0.762. The number of nitrogens with zero attached hydrogens (tertiary/aromatic N) is 1. The zero-order valence-corrected chi connectivity index (χ0v) is 24.3. The molecule has 3 aromatic rings. The van der Waals surface area contributed by atoms with Gasteiger partial charge in [0.1, 0.15) is 23.7 Å². The van der Waals surface area contributed by atoms with Crippen LogP contribution in [0.15, 0.2) is 112 Å². The number of nitrogens with one attached hydrogen (secondary N) is 1. The Morgan fingerprint density at radius 1 is 0.951 bits per heavy atom. The maximum absolute atomic E-state index is 14.0. The summed E-state index contributed by atoms with van der Waals surface area (Å²) in [5.74, 6) is -2.17. The Bertz CT molecular complexity index is 1490. The average molecular weight is 634 g/mol. The first kappa shape index (κ1) is 28.4. The van der Waals surface area contributed by atoms with Crippen LogP contribution in [0.2, 0.25) is 0 Å². The molecule has 2 aliphatic rings. The quantitative estimate of drug-likeness (QED) is 0.273. The molecule has 1 fully saturated rings. The summed E-state index contributed by atoms with van der Waals surface area (Å²) >= 11 is 4.62. The molecule has 1 N–H and O–H groups in total. The van der Waals surface area contributed by atoms with Crippen LogP contribution >= 0.6 is 27.7 Å². The molecule has 2 amide bonds. The van der Waals surface area contributed by atoms with Gasteiger partial charge in [-0.1, -0.05) is 107 Å². The second-order valence-electron chi connectivity index (χ2n) is 9.22. The van der Waals surface area contributed by atoms with Crippen LogP contribution in [0.4, 0.5) is 0 Å². The fraction of sp³-hybridized carbons (Fsp3) is 0.161. The number of esters is 2. The van der Waals surface area contributed by atoms with Gasteiger partial charge in [-0.3, -0.25) is 19.3 Å². The fourth-order valence-electron chi connectivity index (χ4n) is 4.61. The van der Waals surface area contributed by atoms with E-state index in [0.29, 0.717) is 16.0 Å². The van der Waals surface area contributed by atoms with Gasteiger partial charge in [0.05, 0.1) is 0 Å². The Morgan fingerprint density at radius 2 is 1.51 bits per heavy atom. The first-order chi connectivity index (χ1) is 19.9. The highest BCUT2D eigenvalue weighted by molar-refractivity contribution is 9.11. The Balaban J connectivity index is 1.50. The summed E-state index contributed by atoms with van der Waals surface area (Å²) in [6, 6.07) is 26.2. The number of ether oxygens (including phenoxy) is 2. The molecule has 0 saturated carbocycles. The van der Waals surface area contributed by atoms with Crippen LogP contribution in [0.25, 0.3) is 0 Å². The molecule has 10 heteroatoms. The third-order valence-corrected chi connectivity index (χ3v) is 8.68. The second-order valence-corrected chi connectivity index (χ2v) is 10.8. The van der Waals surface area contributed by atoms with Crippen LogP contribution in [0.3, 0.4) is 0 Å². The van der Waals surface area contributed by atoms with Gasteiger partial charge in [0.25, 0.3) is 11.8 Å². The van der Waals surface area contributed by atoms with Gasteiger partial charge in [-0.25, -0.2) is 4.79 Å². The monoisotopic (exact) mass is 632 g/mol. The first-order valence-corrected chi connectivity index (χ1v) is 14.5. The minimum atomic E-state index is -0.882. The Labute approximate surface area is 249 Å². The van der Waals surface area contributed by atoms with Crippen molar-refractivity contribution in [3.8, 4) is 0 Å². The summed E-state index contributed by atoms with van der Waals surface area (Å²) in [7, 11) is 0. The maximum atomic E-state index is 14.0. The highest BCUT2D eigenvalue weighted by atomic mass is 79.9. The van der Waals surface area contributed by atoms with Crippen LogP contribution in [0.1, 0.15) is 34.5 Å². The van der Waals surface area contributed by atoms with Gasteiger partial charge in [-0.2, -0.15) is 0 Å². The van der Waals surface area contributed by atoms with Gasteiger partial charge in [-0.15, -0.1) is 0 Å². The van der Waals surface area contributed by atoms with Crippen LogP contribution in [0, 0.1) is 0 Å². The molecule has 0 spiro atoms. The Morgan fingerprint density at radius 3 is 2.05 bits per heavy atom. The molecule has 2 aliphatic heterocycles. The summed E-state index contributed by atoms with van der Waals surface area (Å²) in [6.45, 7) is 1.02. The number of hydrogen-bond acceptors (Lipinski definition) is 7. The second kappa shape index (κ2) is 12.6. The smallest absolute Gasteiger partial charge is 0.356 e. The van der Waals surface area contributed by atoms with Gasteiger partial charge in [0.2, 0.25) is 0 Å². The van der Waals surface area contributed by atoms with Crippen molar-refractivity contribution >= 4 is 51.4 Å². The number of thioether (sulfide) groups is 1. The van der Waals surface area contributed by atoms with Crippen molar-refractivity contribution < 1.29 is 28.7 Å². The summed E-state index contributed by atoms with van der Waals surface area (Å²) < 4.78 is 11.4. The lowest BCUT2D eigenvalue weighted by molar-refractivity contribution is -0.153. The summed E-state index contributed by atoms with van der Waals surface area (Å²) in [5, 5.41) is 2.17. The Kier molecular flexibility index (Phi) is 8.70. The topological polar surface area (TPSA) is 102 Å². The van der Waals surface area contributed by atoms with Crippen LogP contribution in [0.5, 0.6) is 0 Å². The van der Waals surface area contributed by atoms with E-state index in [9.17, 15) is 19.2 Å². The van der Waals surface area contributed by atoms with E-state index in [2.05, 4.69) is 21.2 Å². The van der Waals surface area contributed by atoms with Gasteiger partial charge < -0.3 is 14.8 Å². The molecular formula is C31H25BrN2O6S. The van der Waals surface area contributed by atoms with Crippen molar-refractivity contribution in [2.24, 2.45) is 0 Å². The van der Waals surface area contributed by atoms with Gasteiger partial charge in [0.15, 0.2) is 6.10 Å². The number of rotatable bonds is 8. The van der Waals surface area contributed by atoms with E-state index >= 15 is 0 Å². The number of halogens is 1. The number of carbonyl (C=O) groups excluding carboxylic acids is 4. The molecular weight excluding hydrogens is 608 g/mol. The molecule has 41 heavy (non-hydrogen) atoms. The van der Waals surface area contributed by atoms with E-state index in [1.807, 2.05) is 60.7 Å². The first-order valence-electron chi connectivity index (χ1n) is 12.7. The minimum Gasteiger partial charge on any atom is -0.461 e. The van der Waals surface area contributed by atoms with E-state index in [1.54, 1.807) is 35.3 Å². The molecule has 0 aromatic heterocycles. The van der Waals surface area contributed by atoms with Crippen LogP contribution < -0.4 is 5.32 Å². The molecule has 0 radical (unpaired) electrons. The lowest BCUT2D eigenvalue weighted by Crippen LogP contribution is -2.70. The predicted octanol–water partition coefficient (Wildman–Crippen LogP) is 5.09. The number of amides is 2. The number of fused-ring (bicyclic) bond motifs is 1. The SMILES string of the molecule is CC(=O)OCC1=C(C(=O)OC(c2ccccc2)c2ccccc2)N2C(=O)C(NC(=O)c3ccccc3)[C@@H]2SC1=CBr. The van der Waals surface area contributed by atoms with Gasteiger partial charge in [-0.05, 0) is 28.2 Å². The summed E-state index contributed by atoms with van der Waals surface area (Å²) in [5.41, 5.74) is 2.19. The lowest BCUT2D eigenvalue weighted by Gasteiger charge is -2.50. The molecule has 2 heterocycles. The van der Waals surface area contributed by atoms with Crippen molar-refractivity contribution in [3.63, 3.8) is 0 Å². The van der Waals surface area contributed by atoms with E-state index in [0.717, 1.165) is 11.1 Å². The van der Waals surface area contributed by atoms with Crippen molar-refractivity contribution in [1.29, 1.82) is 0 Å². The highest BCUT2D eigenvalue weighted by Gasteiger charge is 2.56. The largest absolute Gasteiger partial charge is 0.461 e. The van der Waals surface area contributed by atoms with E-state index < -0.39 is 41.3 Å². The molecule has 2 atom stereocenters. The van der Waals surface area contributed by atoms with Crippen molar-refractivity contribution in [3.05, 3.63) is 129 Å². The zero-order chi connectivity index (χ0) is 28.9. The molecule has 208 valence electrons. The molecule has 1 saturated heterocycles. The predicted molar refractivity (Wildman–Crippen MR) is 157 cm³/mol. The van der Waals surface area contributed by atoms with E-state index in [4.69, 9.17) is 9.47 Å². The standard InChI is InChI=1S/C31H25BrN2O6S/c1-19(35)39-18-23-24(17-32)41-30-25(33-28(36)22-15-9-4-10-16-22)29(37)34(30)26(23)31(38)40-27(20-11-5-2-6-12-20)21-13-7-3-8-14-21/h2-17,25,27,30H,18H2,1H3,(H,33,36)/t25?,30-/m0/s1. The van der Waals surface area contributed by atoms with Crippen molar-refractivity contribution in [2.75, 3.05) is 6.61 Å². The number of benzene rings is 3. The maximum Gasteiger partial charge on any atom is 0.356 e. The normalized spacial score (nSPS) is 19.0. The van der Waals surface area contributed by atoms with E-state index in [-0.39, 0.29) is 12.3 Å².